The van der Waals surface area contributed by atoms with E-state index in [1.54, 1.807) is 14.2 Å². The van der Waals surface area contributed by atoms with Gasteiger partial charge in [0, 0.05) is 125 Å². The first-order valence-corrected chi connectivity index (χ1v) is 44.6. The molecule has 3 saturated heterocycles. The Hall–Kier alpha value is -8.04. The lowest BCUT2D eigenvalue weighted by molar-refractivity contribution is 0.122. The summed E-state index contributed by atoms with van der Waals surface area (Å²) < 4.78 is 15.4. The lowest BCUT2D eigenvalue weighted by Gasteiger charge is -2.33. The summed E-state index contributed by atoms with van der Waals surface area (Å²) in [5.41, 5.74) is 3.84. The van der Waals surface area contributed by atoms with Gasteiger partial charge in [-0.3, -0.25) is 57.5 Å². The molecular weight excluding hydrogens is 1530 g/mol. The number of anilines is 12. The number of piperidine rings is 2. The van der Waals surface area contributed by atoms with Crippen LogP contribution >= 0.6 is 0 Å². The molecule has 6 aromatic carbocycles. The zero-order valence-electron chi connectivity index (χ0n) is 78.3. The molecule has 678 valence electrons. The maximum Gasteiger partial charge on any atom is 0.253 e. The average molecular weight is 1680 g/mol. The van der Waals surface area contributed by atoms with Gasteiger partial charge in [0.2, 0.25) is 0 Å². The van der Waals surface area contributed by atoms with Gasteiger partial charge in [-0.2, -0.15) is 0 Å². The highest BCUT2D eigenvalue weighted by Gasteiger charge is 2.33. The minimum absolute atomic E-state index is 0.265. The predicted molar refractivity (Wildman–Crippen MR) is 505 cm³/mol. The van der Waals surface area contributed by atoms with Crippen molar-refractivity contribution in [1.29, 1.82) is 0 Å². The average Bonchev–Trinajstić information content (AvgIpc) is 0.778. The van der Waals surface area contributed by atoms with Crippen molar-refractivity contribution in [1.82, 2.24) is 0 Å². The summed E-state index contributed by atoms with van der Waals surface area (Å²) >= 11 is 0. The van der Waals surface area contributed by atoms with Gasteiger partial charge in [0.1, 0.15) is 68.2 Å². The minimum Gasteiger partial charge on any atom is -0.383 e. The van der Waals surface area contributed by atoms with Crippen molar-refractivity contribution in [3.05, 3.63) is 123 Å². The summed E-state index contributed by atoms with van der Waals surface area (Å²) in [5, 5.41) is 21.8. The normalized spacial score (nSPS) is 14.4. The third kappa shape index (κ3) is 33.7. The zero-order chi connectivity index (χ0) is 90.3. The third-order valence-corrected chi connectivity index (χ3v) is 21.7. The summed E-state index contributed by atoms with van der Waals surface area (Å²) in [7, 11) is 3.23. The molecule has 3 aliphatic heterocycles. The quantitative estimate of drug-likeness (QED) is 0.0139. The lowest BCUT2D eigenvalue weighted by atomic mass is 9.90. The Kier molecular flexibility index (Phi) is 42.3. The summed E-state index contributed by atoms with van der Waals surface area (Å²) in [6.45, 7) is 62.6. The minimum atomic E-state index is -0.421. The second-order valence-corrected chi connectivity index (χ2v) is 39.9. The zero-order valence-corrected chi connectivity index (χ0v) is 78.3. The van der Waals surface area contributed by atoms with Crippen LogP contribution in [0.25, 0.3) is 0 Å². The van der Waals surface area contributed by atoms with E-state index in [-0.39, 0.29) is 48.8 Å². The highest BCUT2D eigenvalue weighted by molar-refractivity contribution is 5.79. The Morgan fingerprint density at radius 3 is 0.875 bits per heavy atom. The number of hydrogen-bond donors (Lipinski definition) is 7. The summed E-state index contributed by atoms with van der Waals surface area (Å²) in [6.07, 6.45) is 18.2. The smallest absolute Gasteiger partial charge is 0.253 e. The third-order valence-electron chi connectivity index (χ3n) is 21.7. The van der Waals surface area contributed by atoms with Gasteiger partial charge in [-0.05, 0) is 168 Å². The van der Waals surface area contributed by atoms with Gasteiger partial charge in [0.15, 0.2) is 0 Å². The molecule has 0 aliphatic carbocycles. The van der Waals surface area contributed by atoms with E-state index in [0.29, 0.717) is 161 Å². The Bertz CT molecular complexity index is 4400. The number of hydrogen-bond acceptors (Lipinski definition) is 27. The van der Waals surface area contributed by atoms with E-state index in [1.165, 1.54) is 6.42 Å². The maximum atomic E-state index is 12.0. The Balaban J connectivity index is 0.000000303. The highest BCUT2D eigenvalue weighted by atomic mass is 16.5. The molecule has 0 atom stereocenters. The van der Waals surface area contributed by atoms with Crippen molar-refractivity contribution in [2.45, 2.75) is 261 Å². The van der Waals surface area contributed by atoms with Gasteiger partial charge < -0.3 is 75.9 Å². The van der Waals surface area contributed by atoms with Crippen LogP contribution in [0.3, 0.4) is 0 Å². The van der Waals surface area contributed by atoms with Crippen LogP contribution in [0.2, 0.25) is 0 Å². The summed E-state index contributed by atoms with van der Waals surface area (Å²) in [5.74, 6) is 0.718. The first-order chi connectivity index (χ1) is 56.1. The van der Waals surface area contributed by atoms with Crippen molar-refractivity contribution in [3.8, 4) is 0 Å². The Labute approximate surface area is 715 Å². The van der Waals surface area contributed by atoms with E-state index in [0.717, 1.165) is 181 Å². The van der Waals surface area contributed by atoms with Crippen LogP contribution in [-0.4, -0.2) is 152 Å². The van der Waals surface area contributed by atoms with E-state index in [2.05, 4.69) is 179 Å². The summed E-state index contributed by atoms with van der Waals surface area (Å²) in [6, 6.07) is 0. The predicted octanol–water partition coefficient (Wildman–Crippen LogP) is 12.6. The van der Waals surface area contributed by atoms with E-state index in [1.807, 2.05) is 35.5 Å². The Morgan fingerprint density at radius 2 is 0.583 bits per heavy atom. The molecule has 0 aromatic heterocycles. The van der Waals surface area contributed by atoms with Crippen molar-refractivity contribution >= 4 is 68.2 Å². The highest BCUT2D eigenvalue weighted by Crippen LogP contribution is 2.31. The largest absolute Gasteiger partial charge is 0.383 e. The standard InChI is InChI=1S/C17H30N2O4.C17H28N2O2.C16H26N2O2.C15H24N2O3.C15H26N2O2.C13H22N2O2/c1-17(2,3)7-6-8-18-13-14(16(21)15(13)20)19(9-11-22-4)10-12-23-5;1-12-6-10-19(11-7-12)14-13(15(20)16(14)21)18-9-5-8-17(2,3)4;1-16(2,3)8-7-9-17-12-13(15(20)14(12)19)18-10-5-4-6-11-18;1-15(2,3)5-4-6-16-11-12(14(19)13(11)18)17-7-9-20-10-8-17;1-6-17(7-2)12-11(13(18)14(12)19)16-10-8-9-15(3,4)5;1-5-14-9-10(12(17)11(9)16)15-8-6-7-13(2,3)4/h18H,6-12H2,1-5H3;12,18H,5-11H2,1-4H3;17H,4-11H2,1-3H3;16H,4-10H2,1-3H3;16H,6-10H2,1-5H3;14-15H,5-8H2,1-4H3. The topological polar surface area (TPSA) is 333 Å². The second-order valence-electron chi connectivity index (χ2n) is 39.9. The monoisotopic (exact) mass is 1680 g/mol. The molecule has 0 amide bonds. The molecule has 6 aromatic rings. The van der Waals surface area contributed by atoms with Crippen molar-refractivity contribution in [3.63, 3.8) is 0 Å². The van der Waals surface area contributed by atoms with E-state index in [4.69, 9.17) is 14.2 Å². The van der Waals surface area contributed by atoms with Crippen LogP contribution in [0.1, 0.15) is 261 Å². The fourth-order valence-corrected chi connectivity index (χ4v) is 14.5. The van der Waals surface area contributed by atoms with Crippen molar-refractivity contribution in [2.75, 3.05) is 214 Å². The molecule has 0 saturated carbocycles. The van der Waals surface area contributed by atoms with Crippen LogP contribution in [0, 0.1) is 38.4 Å². The van der Waals surface area contributed by atoms with Gasteiger partial charge >= 0.3 is 0 Å². The summed E-state index contributed by atoms with van der Waals surface area (Å²) in [4.78, 5) is 150. The molecule has 7 N–H and O–H groups in total. The number of nitrogens with one attached hydrogen (secondary N) is 7. The molecule has 3 fully saturated rings. The molecule has 0 spiro atoms. The molecular formula is C93H156N12O15. The van der Waals surface area contributed by atoms with E-state index < -0.39 is 21.7 Å². The van der Waals surface area contributed by atoms with E-state index in [9.17, 15) is 57.5 Å². The molecule has 0 radical (unpaired) electrons. The van der Waals surface area contributed by atoms with Crippen LogP contribution in [0.4, 0.5) is 68.2 Å². The number of morpholine rings is 1. The van der Waals surface area contributed by atoms with Crippen LogP contribution in [0.5, 0.6) is 0 Å². The number of methoxy groups -OCH3 is 2. The fraction of sp³-hybridized carbons (Fsp3) is 0.742. The van der Waals surface area contributed by atoms with Gasteiger partial charge in [-0.1, -0.05) is 132 Å². The molecule has 27 heteroatoms. The van der Waals surface area contributed by atoms with Crippen molar-refractivity contribution in [2.24, 2.45) is 38.4 Å². The van der Waals surface area contributed by atoms with Crippen molar-refractivity contribution < 1.29 is 14.2 Å². The van der Waals surface area contributed by atoms with Gasteiger partial charge in [0.05, 0.1) is 26.4 Å². The lowest BCUT2D eigenvalue weighted by Crippen LogP contribution is -2.47. The first-order valence-electron chi connectivity index (χ1n) is 44.6. The van der Waals surface area contributed by atoms with Crippen LogP contribution < -0.4 is 127 Å². The second kappa shape index (κ2) is 48.7. The molecule has 120 heavy (non-hydrogen) atoms. The number of rotatable bonds is 39. The molecule has 3 aliphatic rings. The Morgan fingerprint density at radius 1 is 0.325 bits per heavy atom. The van der Waals surface area contributed by atoms with Gasteiger partial charge in [0.25, 0.3) is 65.1 Å². The van der Waals surface area contributed by atoms with Crippen LogP contribution in [0.15, 0.2) is 57.5 Å². The molecule has 3 heterocycles. The molecule has 0 unspecified atom stereocenters. The van der Waals surface area contributed by atoms with Crippen LogP contribution in [-0.2, 0) is 14.2 Å². The molecule has 9 rings (SSSR count). The molecule has 27 nitrogen and oxygen atoms in total. The number of nitrogens with zero attached hydrogens (tertiary/aromatic N) is 5. The van der Waals surface area contributed by atoms with Gasteiger partial charge in [-0.15, -0.1) is 0 Å². The SMILES string of the molecule is CC(C)(C)CCCNc1c(N2CCCCC2)c(=O)c1=O.CC(C)(C)CCCNc1c(N2CCOCC2)c(=O)c1=O.CC1CCN(c2c(NCCCC(C)(C)C)c(=O)c2=O)CC1.CCN(CC)c1c(NCCCC(C)(C)C)c(=O)c1=O.CCNc1c(NCCCC(C)(C)C)c(=O)c1=O.COCCN(CCOC)c1c(NCCCC(C)(C)C)c(=O)c1=O. The number of ether oxygens (including phenoxy) is 3. The van der Waals surface area contributed by atoms with E-state index >= 15 is 0 Å². The molecule has 0 bridgehead atoms. The van der Waals surface area contributed by atoms with Gasteiger partial charge in [-0.25, -0.2) is 0 Å². The fourth-order valence-electron chi connectivity index (χ4n) is 14.5. The first kappa shape index (κ1) is 104. The maximum absolute atomic E-state index is 12.0.